The average Bonchev–Trinajstić information content (AvgIpc) is 2.89. The van der Waals surface area contributed by atoms with Crippen molar-refractivity contribution in [2.24, 2.45) is 0 Å². The van der Waals surface area contributed by atoms with E-state index in [0.29, 0.717) is 23.0 Å². The van der Waals surface area contributed by atoms with Crippen LogP contribution in [0.2, 0.25) is 0 Å². The van der Waals surface area contributed by atoms with Crippen LogP contribution in [-0.4, -0.2) is 36.8 Å². The molecule has 0 aliphatic rings. The number of hydrogen-bond donors (Lipinski definition) is 2. The van der Waals surface area contributed by atoms with Gasteiger partial charge in [-0.05, 0) is 19.9 Å². The van der Waals surface area contributed by atoms with Crippen LogP contribution in [0.15, 0.2) is 24.7 Å². The number of halogens is 3. The fourth-order valence-corrected chi connectivity index (χ4v) is 2.37. The average molecular weight is 364 g/mol. The molecule has 11 heteroatoms. The number of anilines is 3. The third kappa shape index (κ3) is 3.27. The van der Waals surface area contributed by atoms with Crippen LogP contribution in [0.25, 0.3) is 5.95 Å². The highest BCUT2D eigenvalue weighted by atomic mass is 19.4. The molecule has 3 heterocycles. The Morgan fingerprint density at radius 3 is 2.38 bits per heavy atom. The fourth-order valence-electron chi connectivity index (χ4n) is 2.37. The van der Waals surface area contributed by atoms with E-state index < -0.39 is 11.7 Å². The molecule has 0 saturated carbocycles. The lowest BCUT2D eigenvalue weighted by molar-refractivity contribution is -0.137. The maximum Gasteiger partial charge on any atom is 0.421 e. The van der Waals surface area contributed by atoms with Gasteiger partial charge in [0.1, 0.15) is 11.4 Å². The first-order valence-corrected chi connectivity index (χ1v) is 7.54. The molecule has 2 N–H and O–H groups in total. The molecule has 0 bridgehead atoms. The third-order valence-electron chi connectivity index (χ3n) is 3.60. The molecule has 0 aliphatic heterocycles. The number of nitrogens with one attached hydrogen (secondary N) is 2. The van der Waals surface area contributed by atoms with Crippen LogP contribution in [0.4, 0.5) is 30.6 Å². The van der Waals surface area contributed by atoms with Crippen LogP contribution in [0.3, 0.4) is 0 Å². The summed E-state index contributed by atoms with van der Waals surface area (Å²) in [6.07, 6.45) is -0.636. The predicted octanol–water partition coefficient (Wildman–Crippen LogP) is 2.87. The molecule has 3 rings (SSSR count). The van der Waals surface area contributed by atoms with Gasteiger partial charge in [0.15, 0.2) is 0 Å². The summed E-state index contributed by atoms with van der Waals surface area (Å²) in [6, 6.07) is 1.68. The lowest BCUT2D eigenvalue weighted by Gasteiger charge is -2.13. The van der Waals surface area contributed by atoms with Crippen molar-refractivity contribution in [2.75, 3.05) is 17.7 Å². The fraction of sp³-hybridized carbons (Fsp3) is 0.267. The molecule has 0 unspecified atom stereocenters. The normalized spacial score (nSPS) is 11.5. The Morgan fingerprint density at radius 1 is 1.08 bits per heavy atom. The van der Waals surface area contributed by atoms with E-state index in [2.05, 4.69) is 35.7 Å². The van der Waals surface area contributed by atoms with Crippen LogP contribution in [0.5, 0.6) is 0 Å². The van der Waals surface area contributed by atoms with Gasteiger partial charge in [0.2, 0.25) is 5.95 Å². The molecule has 0 amide bonds. The van der Waals surface area contributed by atoms with Gasteiger partial charge in [0.05, 0.1) is 17.1 Å². The SMILES string of the molecule is CNc1nc(Nc2c(C)nn(-c3ncccn3)c2C)ncc1C(F)(F)F. The first-order valence-electron chi connectivity index (χ1n) is 7.54. The van der Waals surface area contributed by atoms with E-state index >= 15 is 0 Å². The molecule has 3 aromatic rings. The van der Waals surface area contributed by atoms with Crippen LogP contribution in [0, 0.1) is 13.8 Å². The minimum Gasteiger partial charge on any atom is -0.372 e. The predicted molar refractivity (Wildman–Crippen MR) is 88.5 cm³/mol. The van der Waals surface area contributed by atoms with Gasteiger partial charge in [-0.3, -0.25) is 0 Å². The summed E-state index contributed by atoms with van der Waals surface area (Å²) in [6.45, 7) is 3.53. The van der Waals surface area contributed by atoms with E-state index in [1.54, 1.807) is 32.3 Å². The van der Waals surface area contributed by atoms with E-state index in [9.17, 15) is 13.2 Å². The Kier molecular flexibility index (Phi) is 4.45. The first kappa shape index (κ1) is 17.6. The lowest BCUT2D eigenvalue weighted by atomic mass is 10.3. The van der Waals surface area contributed by atoms with Crippen LogP contribution in [-0.2, 0) is 6.18 Å². The molecule has 8 nitrogen and oxygen atoms in total. The summed E-state index contributed by atoms with van der Waals surface area (Å²) in [7, 11) is 1.36. The second kappa shape index (κ2) is 6.58. The van der Waals surface area contributed by atoms with Crippen molar-refractivity contribution in [3.05, 3.63) is 41.6 Å². The summed E-state index contributed by atoms with van der Waals surface area (Å²) in [5.41, 5.74) is 0.902. The topological polar surface area (TPSA) is 93.4 Å². The third-order valence-corrected chi connectivity index (χ3v) is 3.60. The van der Waals surface area contributed by atoms with Gasteiger partial charge in [0.25, 0.3) is 5.95 Å². The molecule has 0 atom stereocenters. The number of aromatic nitrogens is 6. The largest absolute Gasteiger partial charge is 0.421 e. The molecule has 136 valence electrons. The zero-order valence-electron chi connectivity index (χ0n) is 14.1. The second-order valence-corrected chi connectivity index (χ2v) is 5.34. The molecule has 0 aliphatic carbocycles. The Labute approximate surface area is 146 Å². The Bertz CT molecular complexity index is 921. The number of alkyl halides is 3. The molecular weight excluding hydrogens is 349 g/mol. The zero-order chi connectivity index (χ0) is 18.9. The maximum atomic E-state index is 12.9. The monoisotopic (exact) mass is 364 g/mol. The van der Waals surface area contributed by atoms with E-state index in [1.807, 2.05) is 0 Å². The quantitative estimate of drug-likeness (QED) is 0.735. The molecule has 0 radical (unpaired) electrons. The van der Waals surface area contributed by atoms with Crippen molar-refractivity contribution < 1.29 is 13.2 Å². The van der Waals surface area contributed by atoms with Crippen molar-refractivity contribution in [1.29, 1.82) is 0 Å². The van der Waals surface area contributed by atoms with Crippen molar-refractivity contribution in [3.8, 4) is 5.95 Å². The molecule has 3 aromatic heterocycles. The van der Waals surface area contributed by atoms with Crippen molar-refractivity contribution in [3.63, 3.8) is 0 Å². The van der Waals surface area contributed by atoms with Crippen molar-refractivity contribution in [1.82, 2.24) is 29.7 Å². The summed E-state index contributed by atoms with van der Waals surface area (Å²) >= 11 is 0. The Morgan fingerprint density at radius 2 is 1.77 bits per heavy atom. The first-order chi connectivity index (χ1) is 12.3. The molecule has 0 fully saturated rings. The van der Waals surface area contributed by atoms with E-state index in [1.165, 1.54) is 11.7 Å². The van der Waals surface area contributed by atoms with Gasteiger partial charge in [-0.1, -0.05) is 0 Å². The molecular formula is C15H15F3N8. The Balaban J connectivity index is 1.96. The van der Waals surface area contributed by atoms with E-state index in [4.69, 9.17) is 0 Å². The van der Waals surface area contributed by atoms with Gasteiger partial charge >= 0.3 is 6.18 Å². The minimum atomic E-state index is -4.54. The van der Waals surface area contributed by atoms with Crippen LogP contribution in [0.1, 0.15) is 17.0 Å². The summed E-state index contributed by atoms with van der Waals surface area (Å²) < 4.78 is 40.4. The number of aryl methyl sites for hydroxylation is 1. The highest BCUT2D eigenvalue weighted by molar-refractivity contribution is 5.62. The number of nitrogens with zero attached hydrogens (tertiary/aromatic N) is 6. The van der Waals surface area contributed by atoms with Crippen LogP contribution >= 0.6 is 0 Å². The second-order valence-electron chi connectivity index (χ2n) is 5.34. The van der Waals surface area contributed by atoms with Gasteiger partial charge < -0.3 is 10.6 Å². The highest BCUT2D eigenvalue weighted by Gasteiger charge is 2.35. The minimum absolute atomic E-state index is 0.0158. The summed E-state index contributed by atoms with van der Waals surface area (Å²) in [4.78, 5) is 15.9. The van der Waals surface area contributed by atoms with Gasteiger partial charge in [0, 0.05) is 25.6 Å². The van der Waals surface area contributed by atoms with E-state index in [0.717, 1.165) is 6.20 Å². The molecule has 0 saturated heterocycles. The summed E-state index contributed by atoms with van der Waals surface area (Å²) in [5, 5.41) is 9.71. The molecule has 0 spiro atoms. The Hall–Kier alpha value is -3.24. The maximum absolute atomic E-state index is 12.9. The molecule has 26 heavy (non-hydrogen) atoms. The highest BCUT2D eigenvalue weighted by Crippen LogP contribution is 2.34. The van der Waals surface area contributed by atoms with Gasteiger partial charge in [-0.15, -0.1) is 0 Å². The van der Waals surface area contributed by atoms with Crippen LogP contribution < -0.4 is 10.6 Å². The van der Waals surface area contributed by atoms with Crippen molar-refractivity contribution in [2.45, 2.75) is 20.0 Å². The summed E-state index contributed by atoms with van der Waals surface area (Å²) in [5.74, 6) is 0.0802. The van der Waals surface area contributed by atoms with E-state index in [-0.39, 0.29) is 11.8 Å². The lowest BCUT2D eigenvalue weighted by Crippen LogP contribution is -2.12. The smallest absolute Gasteiger partial charge is 0.372 e. The van der Waals surface area contributed by atoms with Gasteiger partial charge in [-0.25, -0.2) is 19.6 Å². The standard InChI is InChI=1S/C15H15F3N8/c1-8-11(9(2)26(25-8)14-20-5-4-6-21-14)23-13-22-7-10(15(16,17)18)12(19-3)24-13/h4-7H,1-3H3,(H2,19,22,23,24). The van der Waals surface area contributed by atoms with Gasteiger partial charge in [-0.2, -0.15) is 23.3 Å². The molecule has 0 aromatic carbocycles. The number of hydrogen-bond acceptors (Lipinski definition) is 7. The zero-order valence-corrected chi connectivity index (χ0v) is 14.1. The number of rotatable bonds is 4. The van der Waals surface area contributed by atoms with Crippen molar-refractivity contribution >= 4 is 17.5 Å².